The first kappa shape index (κ1) is 14.3. The van der Waals surface area contributed by atoms with Crippen molar-refractivity contribution in [3.63, 3.8) is 0 Å². The van der Waals surface area contributed by atoms with Crippen LogP contribution in [0.2, 0.25) is 0 Å². The number of aliphatic hydroxyl groups is 1. The number of hydrogen-bond donors (Lipinski definition) is 1. The third-order valence-electron chi connectivity index (χ3n) is 4.41. The van der Waals surface area contributed by atoms with Crippen molar-refractivity contribution in [2.24, 2.45) is 11.8 Å². The highest BCUT2D eigenvalue weighted by Crippen LogP contribution is 2.54. The molecule has 110 valence electrons. The lowest BCUT2D eigenvalue weighted by molar-refractivity contribution is 0.151. The summed E-state index contributed by atoms with van der Waals surface area (Å²) in [5.74, 6) is 1.55. The van der Waals surface area contributed by atoms with Crippen molar-refractivity contribution in [3.05, 3.63) is 71.3 Å². The summed E-state index contributed by atoms with van der Waals surface area (Å²) >= 11 is 0. The van der Waals surface area contributed by atoms with E-state index >= 15 is 0 Å². The van der Waals surface area contributed by atoms with E-state index in [1.165, 1.54) is 11.1 Å². The normalized spacial score (nSPS) is 22.3. The van der Waals surface area contributed by atoms with Crippen molar-refractivity contribution in [3.8, 4) is 0 Å². The summed E-state index contributed by atoms with van der Waals surface area (Å²) in [6.07, 6.45) is 1.84. The molecule has 1 saturated carbocycles. The van der Waals surface area contributed by atoms with Gasteiger partial charge in [0.05, 0.1) is 6.10 Å². The lowest BCUT2D eigenvalue weighted by atomic mass is 9.96. The Bertz CT molecular complexity index is 588. The Morgan fingerprint density at radius 3 is 2.52 bits per heavy atom. The average Bonchev–Trinajstić information content (AvgIpc) is 3.27. The van der Waals surface area contributed by atoms with Crippen LogP contribution in [0.4, 0.5) is 0 Å². The monoisotopic (exact) mass is 280 g/mol. The molecule has 0 amide bonds. The highest BCUT2D eigenvalue weighted by molar-refractivity contribution is 5.31. The molecule has 2 aromatic carbocycles. The van der Waals surface area contributed by atoms with Gasteiger partial charge in [-0.1, -0.05) is 68.4 Å². The summed E-state index contributed by atoms with van der Waals surface area (Å²) in [6.45, 7) is 4.46. The molecule has 3 atom stereocenters. The highest BCUT2D eigenvalue weighted by atomic mass is 16.3. The van der Waals surface area contributed by atoms with Gasteiger partial charge in [0.15, 0.2) is 0 Å². The fourth-order valence-corrected chi connectivity index (χ4v) is 3.27. The molecule has 1 fully saturated rings. The zero-order chi connectivity index (χ0) is 14.8. The molecular formula is C20H24O. The Hall–Kier alpha value is -1.60. The Kier molecular flexibility index (Phi) is 4.12. The molecule has 1 nitrogen and oxygen atoms in total. The summed E-state index contributed by atoms with van der Waals surface area (Å²) in [7, 11) is 0. The Morgan fingerprint density at radius 2 is 1.81 bits per heavy atom. The van der Waals surface area contributed by atoms with Crippen LogP contribution in [-0.4, -0.2) is 5.11 Å². The molecular weight excluding hydrogens is 256 g/mol. The lowest BCUT2D eigenvalue weighted by Gasteiger charge is -2.13. The lowest BCUT2D eigenvalue weighted by Crippen LogP contribution is -2.03. The molecule has 21 heavy (non-hydrogen) atoms. The van der Waals surface area contributed by atoms with Crippen molar-refractivity contribution in [2.45, 2.75) is 38.7 Å². The van der Waals surface area contributed by atoms with Crippen LogP contribution < -0.4 is 0 Å². The van der Waals surface area contributed by atoms with Crippen LogP contribution in [0.25, 0.3) is 0 Å². The number of rotatable bonds is 5. The van der Waals surface area contributed by atoms with E-state index in [4.69, 9.17) is 0 Å². The van der Waals surface area contributed by atoms with Gasteiger partial charge in [0.2, 0.25) is 0 Å². The molecule has 1 aliphatic carbocycles. The molecule has 0 bridgehead atoms. The standard InChI is InChI=1S/C20H24O/c1-14(2)11-15-7-6-10-17(12-15)20(21)19-13-18(19)16-8-4-3-5-9-16/h3-10,12,14,18-21H,11,13H2,1-2H3. The van der Waals surface area contributed by atoms with E-state index < -0.39 is 0 Å². The van der Waals surface area contributed by atoms with E-state index in [0.29, 0.717) is 17.8 Å². The second-order valence-electron chi connectivity index (χ2n) is 6.70. The molecule has 0 heterocycles. The Balaban J connectivity index is 1.71. The van der Waals surface area contributed by atoms with E-state index in [9.17, 15) is 5.11 Å². The van der Waals surface area contributed by atoms with E-state index in [0.717, 1.165) is 18.4 Å². The quantitative estimate of drug-likeness (QED) is 0.840. The van der Waals surface area contributed by atoms with Crippen LogP contribution >= 0.6 is 0 Å². The van der Waals surface area contributed by atoms with Gasteiger partial charge in [0.25, 0.3) is 0 Å². The molecule has 3 unspecified atom stereocenters. The van der Waals surface area contributed by atoms with Crippen LogP contribution in [0, 0.1) is 11.8 Å². The van der Waals surface area contributed by atoms with Crippen LogP contribution in [0.5, 0.6) is 0 Å². The van der Waals surface area contributed by atoms with Gasteiger partial charge in [-0.3, -0.25) is 0 Å². The first-order chi connectivity index (χ1) is 10.1. The van der Waals surface area contributed by atoms with Crippen LogP contribution in [0.3, 0.4) is 0 Å². The molecule has 0 aliphatic heterocycles. The minimum atomic E-state index is -0.331. The van der Waals surface area contributed by atoms with Crippen LogP contribution in [0.15, 0.2) is 54.6 Å². The van der Waals surface area contributed by atoms with Crippen molar-refractivity contribution in [1.82, 2.24) is 0 Å². The van der Waals surface area contributed by atoms with Crippen molar-refractivity contribution in [1.29, 1.82) is 0 Å². The SMILES string of the molecule is CC(C)Cc1cccc(C(O)C2CC2c2ccccc2)c1. The minimum Gasteiger partial charge on any atom is -0.388 e. The third-order valence-corrected chi connectivity index (χ3v) is 4.41. The molecule has 0 spiro atoms. The maximum atomic E-state index is 10.7. The van der Waals surface area contributed by atoms with E-state index in [2.05, 4.69) is 62.4 Å². The van der Waals surface area contributed by atoms with Gasteiger partial charge in [-0.25, -0.2) is 0 Å². The van der Waals surface area contributed by atoms with E-state index in [1.54, 1.807) is 0 Å². The molecule has 3 rings (SSSR count). The first-order valence-electron chi connectivity index (χ1n) is 7.97. The average molecular weight is 280 g/mol. The summed E-state index contributed by atoms with van der Waals surface area (Å²) in [5.41, 5.74) is 3.77. The number of hydrogen-bond acceptors (Lipinski definition) is 1. The zero-order valence-electron chi connectivity index (χ0n) is 12.9. The fourth-order valence-electron chi connectivity index (χ4n) is 3.27. The topological polar surface area (TPSA) is 20.2 Å². The van der Waals surface area contributed by atoms with E-state index in [1.807, 2.05) is 6.07 Å². The highest BCUT2D eigenvalue weighted by Gasteiger charge is 2.43. The third kappa shape index (κ3) is 3.36. The largest absolute Gasteiger partial charge is 0.388 e. The predicted molar refractivity (Wildman–Crippen MR) is 87.2 cm³/mol. The predicted octanol–water partition coefficient (Wildman–Crippen LogP) is 4.72. The van der Waals surface area contributed by atoms with Crippen molar-refractivity contribution < 1.29 is 5.11 Å². The molecule has 1 N–H and O–H groups in total. The summed E-state index contributed by atoms with van der Waals surface area (Å²) in [5, 5.41) is 10.7. The second-order valence-corrected chi connectivity index (χ2v) is 6.70. The van der Waals surface area contributed by atoms with Gasteiger partial charge in [-0.05, 0) is 47.3 Å². The van der Waals surface area contributed by atoms with Gasteiger partial charge in [0.1, 0.15) is 0 Å². The molecule has 1 aliphatic rings. The second kappa shape index (κ2) is 6.03. The Labute approximate surface area is 127 Å². The van der Waals surface area contributed by atoms with Crippen LogP contribution in [0.1, 0.15) is 49.0 Å². The van der Waals surface area contributed by atoms with Crippen LogP contribution in [-0.2, 0) is 6.42 Å². The molecule has 0 radical (unpaired) electrons. The van der Waals surface area contributed by atoms with E-state index in [-0.39, 0.29) is 6.10 Å². The number of aliphatic hydroxyl groups excluding tert-OH is 1. The van der Waals surface area contributed by atoms with Gasteiger partial charge in [-0.15, -0.1) is 0 Å². The van der Waals surface area contributed by atoms with Gasteiger partial charge in [-0.2, -0.15) is 0 Å². The summed E-state index contributed by atoms with van der Waals surface area (Å²) in [4.78, 5) is 0. The summed E-state index contributed by atoms with van der Waals surface area (Å²) in [6, 6.07) is 19.1. The maximum absolute atomic E-state index is 10.7. The van der Waals surface area contributed by atoms with Crippen molar-refractivity contribution in [2.75, 3.05) is 0 Å². The maximum Gasteiger partial charge on any atom is 0.0824 e. The number of benzene rings is 2. The van der Waals surface area contributed by atoms with Gasteiger partial charge in [0, 0.05) is 0 Å². The smallest absolute Gasteiger partial charge is 0.0824 e. The van der Waals surface area contributed by atoms with Gasteiger partial charge < -0.3 is 5.11 Å². The fraction of sp³-hybridized carbons (Fsp3) is 0.400. The van der Waals surface area contributed by atoms with Crippen molar-refractivity contribution >= 4 is 0 Å². The summed E-state index contributed by atoms with van der Waals surface area (Å²) < 4.78 is 0. The zero-order valence-corrected chi connectivity index (χ0v) is 12.9. The van der Waals surface area contributed by atoms with Gasteiger partial charge >= 0.3 is 0 Å². The molecule has 0 saturated heterocycles. The molecule has 2 aromatic rings. The Morgan fingerprint density at radius 1 is 1.05 bits per heavy atom. The first-order valence-corrected chi connectivity index (χ1v) is 7.97. The minimum absolute atomic E-state index is 0.331. The molecule has 0 aromatic heterocycles. The molecule has 1 heteroatoms.